The summed E-state index contributed by atoms with van der Waals surface area (Å²) in [6.07, 6.45) is 6.04. The summed E-state index contributed by atoms with van der Waals surface area (Å²) in [5.74, 6) is 0. The molecule has 3 heteroatoms. The topological polar surface area (TPSA) is 54.4 Å². The number of carbonyl (C=O) groups excluding carboxylic acids is 2. The van der Waals surface area contributed by atoms with Crippen LogP contribution in [0.5, 0.6) is 0 Å². The van der Waals surface area contributed by atoms with Gasteiger partial charge in [0.2, 0.25) is 0 Å². The lowest BCUT2D eigenvalue weighted by atomic mass is 10.2. The van der Waals surface area contributed by atoms with Crippen LogP contribution in [0.15, 0.2) is 48.1 Å². The highest BCUT2D eigenvalue weighted by Gasteiger charge is 1.86. The van der Waals surface area contributed by atoms with E-state index in [1.165, 1.54) is 6.08 Å². The molecule has 0 aromatic heterocycles. The van der Waals surface area contributed by atoms with Crippen LogP contribution in [0.2, 0.25) is 0 Å². The molecule has 0 aliphatic heterocycles. The highest BCUT2D eigenvalue weighted by molar-refractivity contribution is 5.99. The molecule has 0 unspecified atom stereocenters. The molecule has 90 valence electrons. The lowest BCUT2D eigenvalue weighted by Gasteiger charge is -1.88. The van der Waals surface area contributed by atoms with Crippen molar-refractivity contribution in [1.29, 1.82) is 0 Å². The van der Waals surface area contributed by atoms with Crippen molar-refractivity contribution in [1.82, 2.24) is 0 Å². The third kappa shape index (κ3) is 7.88. The van der Waals surface area contributed by atoms with Gasteiger partial charge in [-0.2, -0.15) is 0 Å². The maximum absolute atomic E-state index is 10.2. The van der Waals surface area contributed by atoms with Crippen LogP contribution >= 0.6 is 0 Å². The molecule has 1 aromatic carbocycles. The molecule has 0 aliphatic rings. The monoisotopic (exact) mass is 232 g/mol. The number of hydrogen-bond acceptors (Lipinski definition) is 3. The fraction of sp³-hybridized carbons (Fsp3) is 0.143. The van der Waals surface area contributed by atoms with Crippen molar-refractivity contribution >= 4 is 18.6 Å². The molecule has 0 atom stereocenters. The van der Waals surface area contributed by atoms with Crippen LogP contribution in [0, 0.1) is 0 Å². The molecule has 0 spiro atoms. The average Bonchev–Trinajstić information content (AvgIpc) is 2.37. The van der Waals surface area contributed by atoms with Gasteiger partial charge in [-0.1, -0.05) is 42.5 Å². The Bertz CT molecular complexity index is 368. The van der Waals surface area contributed by atoms with E-state index in [1.807, 2.05) is 36.4 Å². The molecule has 0 saturated carbocycles. The van der Waals surface area contributed by atoms with Crippen molar-refractivity contribution in [2.75, 3.05) is 6.61 Å². The number of rotatable bonds is 4. The highest BCUT2D eigenvalue weighted by atomic mass is 16.2. The molecule has 0 saturated heterocycles. The van der Waals surface area contributed by atoms with Gasteiger partial charge in [-0.3, -0.25) is 9.59 Å². The number of carbonyl (C=O) groups is 2. The smallest absolute Gasteiger partial charge is 0.153 e. The Kier molecular flexibility index (Phi) is 9.28. The number of aliphatic hydroxyl groups is 1. The molecule has 0 aliphatic carbocycles. The lowest BCUT2D eigenvalue weighted by molar-refractivity contribution is -0.109. The van der Waals surface area contributed by atoms with Crippen LogP contribution in [0.3, 0.4) is 0 Å². The fourth-order valence-electron chi connectivity index (χ4n) is 0.941. The maximum Gasteiger partial charge on any atom is 0.153 e. The Balaban J connectivity index is 0.000000770. The summed E-state index contributed by atoms with van der Waals surface area (Å²) in [6, 6.07) is 9.64. The van der Waals surface area contributed by atoms with E-state index in [2.05, 4.69) is 0 Å². The van der Waals surface area contributed by atoms with Gasteiger partial charge in [0.25, 0.3) is 0 Å². The third-order valence-electron chi connectivity index (χ3n) is 1.65. The molecule has 0 fully saturated rings. The van der Waals surface area contributed by atoms with Gasteiger partial charge in [0.1, 0.15) is 0 Å². The number of aliphatic hydroxyl groups excluding tert-OH is 1. The van der Waals surface area contributed by atoms with Gasteiger partial charge in [-0.15, -0.1) is 0 Å². The SMILES string of the molecule is CCO.O=CC(C=O)=C/C=C/c1ccccc1. The summed E-state index contributed by atoms with van der Waals surface area (Å²) in [5.41, 5.74) is 1.16. The number of aldehydes is 2. The van der Waals surface area contributed by atoms with Crippen molar-refractivity contribution in [2.24, 2.45) is 0 Å². The molecule has 0 amide bonds. The zero-order valence-corrected chi connectivity index (χ0v) is 9.74. The molecule has 17 heavy (non-hydrogen) atoms. The van der Waals surface area contributed by atoms with Crippen molar-refractivity contribution in [3.8, 4) is 0 Å². The molecule has 3 nitrogen and oxygen atoms in total. The maximum atomic E-state index is 10.2. The Morgan fingerprint density at radius 3 is 2.18 bits per heavy atom. The zero-order valence-electron chi connectivity index (χ0n) is 9.74. The molecule has 1 aromatic rings. The lowest BCUT2D eigenvalue weighted by Crippen LogP contribution is -1.82. The normalized spacial score (nSPS) is 9.06. The first-order chi connectivity index (χ1) is 8.28. The summed E-state index contributed by atoms with van der Waals surface area (Å²) >= 11 is 0. The average molecular weight is 232 g/mol. The first-order valence-corrected chi connectivity index (χ1v) is 5.23. The van der Waals surface area contributed by atoms with Crippen molar-refractivity contribution in [2.45, 2.75) is 6.92 Å². The van der Waals surface area contributed by atoms with Gasteiger partial charge >= 0.3 is 0 Å². The van der Waals surface area contributed by atoms with E-state index in [4.69, 9.17) is 5.11 Å². The Morgan fingerprint density at radius 2 is 1.71 bits per heavy atom. The van der Waals surface area contributed by atoms with E-state index in [0.717, 1.165) is 5.56 Å². The van der Waals surface area contributed by atoms with Crippen molar-refractivity contribution in [3.05, 3.63) is 53.6 Å². The first kappa shape index (κ1) is 15.0. The van der Waals surface area contributed by atoms with Crippen LogP contribution in [0.4, 0.5) is 0 Å². The van der Waals surface area contributed by atoms with Crippen LogP contribution < -0.4 is 0 Å². The molecule has 0 bridgehead atoms. The third-order valence-corrected chi connectivity index (χ3v) is 1.65. The molecular formula is C14H16O3. The summed E-state index contributed by atoms with van der Waals surface area (Å²) in [4.78, 5) is 20.5. The second-order valence-electron chi connectivity index (χ2n) is 2.99. The van der Waals surface area contributed by atoms with E-state index < -0.39 is 0 Å². The Labute approximate surface area is 101 Å². The number of benzene rings is 1. The number of hydrogen-bond donors (Lipinski definition) is 1. The van der Waals surface area contributed by atoms with Crippen LogP contribution in [0.25, 0.3) is 6.08 Å². The van der Waals surface area contributed by atoms with E-state index >= 15 is 0 Å². The standard InChI is InChI=1S/C12H10O2.C2H6O/c13-9-12(10-14)8-4-7-11-5-2-1-3-6-11;1-2-3/h1-10H;3H,2H2,1H3/b7-4+;. The van der Waals surface area contributed by atoms with Gasteiger partial charge in [0, 0.05) is 6.61 Å². The van der Waals surface area contributed by atoms with Crippen molar-refractivity contribution in [3.63, 3.8) is 0 Å². The largest absolute Gasteiger partial charge is 0.397 e. The second-order valence-corrected chi connectivity index (χ2v) is 2.99. The molecule has 0 radical (unpaired) electrons. The van der Waals surface area contributed by atoms with Crippen LogP contribution in [0.1, 0.15) is 12.5 Å². The molecule has 1 rings (SSSR count). The van der Waals surface area contributed by atoms with Crippen LogP contribution in [-0.2, 0) is 9.59 Å². The fourth-order valence-corrected chi connectivity index (χ4v) is 0.941. The quantitative estimate of drug-likeness (QED) is 0.284. The minimum atomic E-state index is 0.136. The van der Waals surface area contributed by atoms with Crippen molar-refractivity contribution < 1.29 is 14.7 Å². The highest BCUT2D eigenvalue weighted by Crippen LogP contribution is 2.01. The predicted molar refractivity (Wildman–Crippen MR) is 68.4 cm³/mol. The van der Waals surface area contributed by atoms with Gasteiger partial charge in [-0.05, 0) is 18.6 Å². The molecule has 0 heterocycles. The minimum absolute atomic E-state index is 0.136. The Morgan fingerprint density at radius 1 is 1.18 bits per heavy atom. The van der Waals surface area contributed by atoms with E-state index in [0.29, 0.717) is 12.6 Å². The van der Waals surface area contributed by atoms with Gasteiger partial charge < -0.3 is 5.11 Å². The summed E-state index contributed by atoms with van der Waals surface area (Å²) < 4.78 is 0. The molecular weight excluding hydrogens is 216 g/mol. The summed E-state index contributed by atoms with van der Waals surface area (Å²) in [5, 5.41) is 7.57. The zero-order chi connectivity index (χ0) is 12.9. The van der Waals surface area contributed by atoms with E-state index in [9.17, 15) is 9.59 Å². The minimum Gasteiger partial charge on any atom is -0.397 e. The van der Waals surface area contributed by atoms with E-state index in [1.54, 1.807) is 13.0 Å². The summed E-state index contributed by atoms with van der Waals surface area (Å²) in [7, 11) is 0. The number of allylic oxidation sites excluding steroid dienone is 3. The summed E-state index contributed by atoms with van der Waals surface area (Å²) in [6.45, 7) is 1.93. The Hall–Kier alpha value is -2.00. The second kappa shape index (κ2) is 10.5. The van der Waals surface area contributed by atoms with Crippen LogP contribution in [-0.4, -0.2) is 24.3 Å². The molecule has 1 N–H and O–H groups in total. The predicted octanol–water partition coefficient (Wildman–Crippen LogP) is 2.02. The van der Waals surface area contributed by atoms with Gasteiger partial charge in [0.05, 0.1) is 5.57 Å². The van der Waals surface area contributed by atoms with Gasteiger partial charge in [-0.25, -0.2) is 0 Å². The first-order valence-electron chi connectivity index (χ1n) is 5.23. The van der Waals surface area contributed by atoms with E-state index in [-0.39, 0.29) is 12.2 Å². The van der Waals surface area contributed by atoms with Gasteiger partial charge in [0.15, 0.2) is 12.6 Å².